The summed E-state index contributed by atoms with van der Waals surface area (Å²) in [6.07, 6.45) is 1.36. The summed E-state index contributed by atoms with van der Waals surface area (Å²) < 4.78 is 0. The third-order valence-electron chi connectivity index (χ3n) is 0.943. The van der Waals surface area contributed by atoms with Crippen molar-refractivity contribution in [1.29, 1.82) is 0 Å². The highest BCUT2D eigenvalue weighted by molar-refractivity contribution is 5.85. The maximum absolute atomic E-state index is 2.26. The van der Waals surface area contributed by atoms with Crippen molar-refractivity contribution in [1.82, 2.24) is 0 Å². The summed E-state index contributed by atoms with van der Waals surface area (Å²) in [5, 5.41) is 0. The maximum Gasteiger partial charge on any atom is -0.0469 e. The standard InChI is InChI=1S/C7H16.ClH/c1-6(2)5-7(3)4;/h6-7H,5H2,1-4H3;1H. The smallest absolute Gasteiger partial charge is 0.0469 e. The molecule has 0 atom stereocenters. The van der Waals surface area contributed by atoms with E-state index >= 15 is 0 Å². The van der Waals surface area contributed by atoms with Crippen LogP contribution in [0.4, 0.5) is 0 Å². The molecule has 0 spiro atoms. The molecule has 0 radical (unpaired) electrons. The van der Waals surface area contributed by atoms with Crippen LogP contribution in [0.2, 0.25) is 0 Å². The normalized spacial score (nSPS) is 9.75. The monoisotopic (exact) mass is 136 g/mol. The molecule has 52 valence electrons. The summed E-state index contributed by atoms with van der Waals surface area (Å²) in [6, 6.07) is 0. The first-order valence-corrected chi connectivity index (χ1v) is 3.13. The van der Waals surface area contributed by atoms with E-state index in [0.29, 0.717) is 0 Å². The van der Waals surface area contributed by atoms with Gasteiger partial charge in [-0.2, -0.15) is 0 Å². The highest BCUT2D eigenvalue weighted by Gasteiger charge is 1.95. The van der Waals surface area contributed by atoms with Gasteiger partial charge in [0, 0.05) is 0 Å². The van der Waals surface area contributed by atoms with E-state index in [1.54, 1.807) is 0 Å². The van der Waals surface area contributed by atoms with Gasteiger partial charge in [0.2, 0.25) is 0 Å². The van der Waals surface area contributed by atoms with E-state index in [1.807, 2.05) is 0 Å². The van der Waals surface area contributed by atoms with E-state index in [2.05, 4.69) is 27.7 Å². The molecule has 0 unspecified atom stereocenters. The summed E-state index contributed by atoms with van der Waals surface area (Å²) in [5.74, 6) is 1.75. The van der Waals surface area contributed by atoms with Gasteiger partial charge in [-0.25, -0.2) is 0 Å². The SMILES string of the molecule is CC(C)CC(C)C.Cl. The van der Waals surface area contributed by atoms with Crippen molar-refractivity contribution in [3.8, 4) is 0 Å². The summed E-state index contributed by atoms with van der Waals surface area (Å²) in [6.45, 7) is 9.06. The molecule has 0 amide bonds. The van der Waals surface area contributed by atoms with Crippen LogP contribution >= 0.6 is 12.4 Å². The Kier molecular flexibility index (Phi) is 7.55. The maximum atomic E-state index is 2.26. The summed E-state index contributed by atoms with van der Waals surface area (Å²) in [4.78, 5) is 0. The number of hydrogen-bond donors (Lipinski definition) is 0. The average molecular weight is 137 g/mol. The molecule has 0 rings (SSSR count). The Balaban J connectivity index is 0. The van der Waals surface area contributed by atoms with Gasteiger partial charge >= 0.3 is 0 Å². The lowest BCUT2D eigenvalue weighted by atomic mass is 10.0. The zero-order valence-corrected chi connectivity index (χ0v) is 7.09. The van der Waals surface area contributed by atoms with Crippen molar-refractivity contribution >= 4 is 12.4 Å². The molecule has 0 N–H and O–H groups in total. The molecular weight excluding hydrogens is 120 g/mol. The van der Waals surface area contributed by atoms with Crippen molar-refractivity contribution in [2.24, 2.45) is 11.8 Å². The molecule has 0 saturated heterocycles. The fourth-order valence-corrected chi connectivity index (χ4v) is 0.943. The predicted octanol–water partition coefficient (Wildman–Crippen LogP) is 3.11. The lowest BCUT2D eigenvalue weighted by Crippen LogP contribution is -1.93. The molecule has 0 aromatic heterocycles. The van der Waals surface area contributed by atoms with E-state index in [1.165, 1.54) is 6.42 Å². The van der Waals surface area contributed by atoms with Gasteiger partial charge in [-0.1, -0.05) is 27.7 Å². The Morgan fingerprint density at radius 2 is 1.12 bits per heavy atom. The van der Waals surface area contributed by atoms with E-state index in [9.17, 15) is 0 Å². The van der Waals surface area contributed by atoms with Crippen molar-refractivity contribution in [3.63, 3.8) is 0 Å². The van der Waals surface area contributed by atoms with Crippen LogP contribution in [-0.2, 0) is 0 Å². The molecule has 0 fully saturated rings. The molecule has 0 aliphatic carbocycles. The Morgan fingerprint density at radius 1 is 0.875 bits per heavy atom. The third kappa shape index (κ3) is 9.56. The fraction of sp³-hybridized carbons (Fsp3) is 1.00. The molecule has 0 aromatic carbocycles. The quantitative estimate of drug-likeness (QED) is 0.547. The first-order valence-electron chi connectivity index (χ1n) is 3.13. The first kappa shape index (κ1) is 11.1. The first-order chi connectivity index (χ1) is 3.13. The molecular formula is C7H17Cl. The molecule has 0 heterocycles. The van der Waals surface area contributed by atoms with E-state index in [4.69, 9.17) is 0 Å². The van der Waals surface area contributed by atoms with E-state index in [0.717, 1.165) is 11.8 Å². The lowest BCUT2D eigenvalue weighted by molar-refractivity contribution is 0.469. The Labute approximate surface area is 59.1 Å². The highest BCUT2D eigenvalue weighted by atomic mass is 35.5. The molecule has 0 bridgehead atoms. The second-order valence-electron chi connectivity index (χ2n) is 3.02. The van der Waals surface area contributed by atoms with Crippen LogP contribution in [0, 0.1) is 11.8 Å². The van der Waals surface area contributed by atoms with Gasteiger partial charge in [0.1, 0.15) is 0 Å². The third-order valence-corrected chi connectivity index (χ3v) is 0.943. The summed E-state index contributed by atoms with van der Waals surface area (Å²) >= 11 is 0. The van der Waals surface area contributed by atoms with Crippen LogP contribution in [0.15, 0.2) is 0 Å². The topological polar surface area (TPSA) is 0 Å². The Bertz CT molecular complexity index is 33.7. The van der Waals surface area contributed by atoms with Gasteiger partial charge in [0.05, 0.1) is 0 Å². The van der Waals surface area contributed by atoms with Crippen molar-refractivity contribution in [2.45, 2.75) is 34.1 Å². The number of hydrogen-bond acceptors (Lipinski definition) is 0. The minimum atomic E-state index is 0. The van der Waals surface area contributed by atoms with Gasteiger partial charge in [0.25, 0.3) is 0 Å². The second kappa shape index (κ2) is 5.43. The molecule has 0 aromatic rings. The second-order valence-corrected chi connectivity index (χ2v) is 3.02. The molecule has 1 heteroatoms. The van der Waals surface area contributed by atoms with Crippen LogP contribution in [0.25, 0.3) is 0 Å². The molecule has 0 nitrogen and oxygen atoms in total. The van der Waals surface area contributed by atoms with Gasteiger partial charge < -0.3 is 0 Å². The van der Waals surface area contributed by atoms with Gasteiger partial charge in [-0.3, -0.25) is 0 Å². The van der Waals surface area contributed by atoms with E-state index in [-0.39, 0.29) is 12.4 Å². The Morgan fingerprint density at radius 3 is 1.12 bits per heavy atom. The van der Waals surface area contributed by atoms with Crippen molar-refractivity contribution in [3.05, 3.63) is 0 Å². The molecule has 0 aliphatic heterocycles. The van der Waals surface area contributed by atoms with Crippen LogP contribution in [0.5, 0.6) is 0 Å². The molecule has 0 saturated carbocycles. The van der Waals surface area contributed by atoms with Crippen LogP contribution in [0.1, 0.15) is 34.1 Å². The lowest BCUT2D eigenvalue weighted by Gasteiger charge is -2.05. The summed E-state index contributed by atoms with van der Waals surface area (Å²) in [5.41, 5.74) is 0. The summed E-state index contributed by atoms with van der Waals surface area (Å²) in [7, 11) is 0. The van der Waals surface area contributed by atoms with E-state index < -0.39 is 0 Å². The number of rotatable bonds is 2. The van der Waals surface area contributed by atoms with Crippen molar-refractivity contribution < 1.29 is 0 Å². The Hall–Kier alpha value is 0.290. The molecule has 8 heavy (non-hydrogen) atoms. The van der Waals surface area contributed by atoms with Gasteiger partial charge in [-0.05, 0) is 18.3 Å². The highest BCUT2D eigenvalue weighted by Crippen LogP contribution is 2.08. The average Bonchev–Trinajstić information content (AvgIpc) is 1.27. The minimum Gasteiger partial charge on any atom is -0.147 e. The van der Waals surface area contributed by atoms with Crippen LogP contribution in [0.3, 0.4) is 0 Å². The van der Waals surface area contributed by atoms with Crippen LogP contribution < -0.4 is 0 Å². The van der Waals surface area contributed by atoms with Crippen molar-refractivity contribution in [2.75, 3.05) is 0 Å². The van der Waals surface area contributed by atoms with Gasteiger partial charge in [-0.15, -0.1) is 12.4 Å². The minimum absolute atomic E-state index is 0. The predicted molar refractivity (Wildman–Crippen MR) is 41.5 cm³/mol. The zero-order chi connectivity index (χ0) is 5.86. The zero-order valence-electron chi connectivity index (χ0n) is 6.27. The fourth-order valence-electron chi connectivity index (χ4n) is 0.943. The van der Waals surface area contributed by atoms with Gasteiger partial charge in [0.15, 0.2) is 0 Å². The molecule has 0 aliphatic rings. The largest absolute Gasteiger partial charge is 0.147 e. The number of halogens is 1. The van der Waals surface area contributed by atoms with Crippen LogP contribution in [-0.4, -0.2) is 0 Å².